The summed E-state index contributed by atoms with van der Waals surface area (Å²) in [6, 6.07) is 12.2. The first-order valence-electron chi connectivity index (χ1n) is 9.47. The number of nitrogens with zero attached hydrogens (tertiary/aromatic N) is 3. The first kappa shape index (κ1) is 18.5. The number of hydrogen-bond acceptors (Lipinski definition) is 4. The van der Waals surface area contributed by atoms with Crippen molar-refractivity contribution in [3.63, 3.8) is 0 Å². The molecule has 0 spiro atoms. The first-order valence-corrected chi connectivity index (χ1v) is 9.47. The van der Waals surface area contributed by atoms with Crippen molar-refractivity contribution in [2.75, 3.05) is 19.8 Å². The molecule has 0 saturated carbocycles. The van der Waals surface area contributed by atoms with Gasteiger partial charge in [0.1, 0.15) is 19.1 Å². The molecule has 2 aliphatic heterocycles. The highest BCUT2D eigenvalue weighted by Crippen LogP contribution is 2.24. The second kappa shape index (κ2) is 8.00. The number of benzene rings is 2. The second-order valence-corrected chi connectivity index (χ2v) is 7.14. The van der Waals surface area contributed by atoms with Crippen molar-refractivity contribution < 1.29 is 13.5 Å². The number of fused-ring (bicyclic) bond motifs is 1. The van der Waals surface area contributed by atoms with Crippen LogP contribution in [0.25, 0.3) is 0 Å². The van der Waals surface area contributed by atoms with Crippen molar-refractivity contribution in [1.82, 2.24) is 9.80 Å². The summed E-state index contributed by atoms with van der Waals surface area (Å²) in [7, 11) is 0. The van der Waals surface area contributed by atoms with Crippen LogP contribution in [0.5, 0.6) is 0 Å². The van der Waals surface area contributed by atoms with Crippen LogP contribution in [0.3, 0.4) is 0 Å². The lowest BCUT2D eigenvalue weighted by atomic mass is 10.1. The van der Waals surface area contributed by atoms with E-state index in [4.69, 9.17) is 4.74 Å². The van der Waals surface area contributed by atoms with Crippen molar-refractivity contribution in [1.29, 1.82) is 0 Å². The molecule has 0 aromatic heterocycles. The fourth-order valence-electron chi connectivity index (χ4n) is 3.55. The van der Waals surface area contributed by atoms with Crippen LogP contribution in [0.4, 0.5) is 8.78 Å². The van der Waals surface area contributed by atoms with Gasteiger partial charge in [0.15, 0.2) is 11.6 Å². The molecule has 2 aromatic carbocycles. The van der Waals surface area contributed by atoms with E-state index in [1.165, 1.54) is 17.2 Å². The molecule has 146 valence electrons. The summed E-state index contributed by atoms with van der Waals surface area (Å²) in [4.78, 5) is 9.07. The standard InChI is InChI=1S/C22H23F2N3O/c1-16-5-2-3-6-18(16)13-26-9-4-10-27-15-25-21(12-22(26)27)28-14-17-7-8-19(23)20(24)11-17/h2-3,5-8,11-12H,4,9-10,13-15H2,1H3. The lowest BCUT2D eigenvalue weighted by Gasteiger charge is -2.41. The van der Waals surface area contributed by atoms with Gasteiger partial charge in [0.05, 0.1) is 0 Å². The Bertz CT molecular complexity index is 926. The molecule has 2 heterocycles. The van der Waals surface area contributed by atoms with Gasteiger partial charge in [-0.3, -0.25) is 0 Å². The minimum absolute atomic E-state index is 0.150. The molecule has 0 unspecified atom stereocenters. The Labute approximate surface area is 163 Å². The van der Waals surface area contributed by atoms with E-state index in [9.17, 15) is 8.78 Å². The van der Waals surface area contributed by atoms with Crippen LogP contribution < -0.4 is 0 Å². The van der Waals surface area contributed by atoms with E-state index in [2.05, 4.69) is 46.0 Å². The zero-order chi connectivity index (χ0) is 19.5. The molecule has 1 saturated heterocycles. The van der Waals surface area contributed by atoms with E-state index in [0.29, 0.717) is 18.1 Å². The fourth-order valence-corrected chi connectivity index (χ4v) is 3.55. The van der Waals surface area contributed by atoms with Gasteiger partial charge in [-0.25, -0.2) is 13.8 Å². The van der Waals surface area contributed by atoms with Crippen molar-refractivity contribution in [3.8, 4) is 0 Å². The summed E-state index contributed by atoms with van der Waals surface area (Å²) in [5, 5.41) is 0. The highest BCUT2D eigenvalue weighted by atomic mass is 19.2. The normalized spacial score (nSPS) is 16.4. The van der Waals surface area contributed by atoms with E-state index >= 15 is 0 Å². The first-order chi connectivity index (χ1) is 13.6. The minimum atomic E-state index is -0.868. The number of aliphatic imine (C=N–C) groups is 1. The maximum atomic E-state index is 13.4. The third-order valence-electron chi connectivity index (χ3n) is 5.15. The average Bonchev–Trinajstić information content (AvgIpc) is 2.71. The molecule has 4 rings (SSSR count). The fraction of sp³-hybridized carbons (Fsp3) is 0.318. The predicted octanol–water partition coefficient (Wildman–Crippen LogP) is 4.21. The topological polar surface area (TPSA) is 28.1 Å². The number of aryl methyl sites for hydroxylation is 1. The molecule has 0 N–H and O–H groups in total. The highest BCUT2D eigenvalue weighted by molar-refractivity contribution is 5.88. The van der Waals surface area contributed by atoms with Crippen LogP contribution in [0.1, 0.15) is 23.1 Å². The van der Waals surface area contributed by atoms with Crippen LogP contribution in [0.2, 0.25) is 0 Å². The Morgan fingerprint density at radius 2 is 1.93 bits per heavy atom. The van der Waals surface area contributed by atoms with E-state index < -0.39 is 11.6 Å². The SMILES string of the molecule is Cc1ccccc1CN1CCCN2CN=C(OCc3ccc(F)c(F)c3)C=C21. The molecule has 0 atom stereocenters. The quantitative estimate of drug-likeness (QED) is 0.792. The van der Waals surface area contributed by atoms with Crippen molar-refractivity contribution in [2.45, 2.75) is 26.5 Å². The predicted molar refractivity (Wildman–Crippen MR) is 104 cm³/mol. The third kappa shape index (κ3) is 4.01. The molecular weight excluding hydrogens is 360 g/mol. The van der Waals surface area contributed by atoms with Crippen molar-refractivity contribution in [3.05, 3.63) is 82.7 Å². The van der Waals surface area contributed by atoms with E-state index in [1.54, 1.807) is 0 Å². The highest BCUT2D eigenvalue weighted by Gasteiger charge is 2.25. The average molecular weight is 383 g/mol. The zero-order valence-electron chi connectivity index (χ0n) is 15.9. The minimum Gasteiger partial charge on any atom is -0.473 e. The van der Waals surface area contributed by atoms with Crippen LogP contribution in [0, 0.1) is 18.6 Å². The van der Waals surface area contributed by atoms with Gasteiger partial charge in [-0.05, 0) is 42.2 Å². The molecule has 6 heteroatoms. The number of hydrogen-bond donors (Lipinski definition) is 0. The summed E-state index contributed by atoms with van der Waals surface area (Å²) in [5.74, 6) is -0.101. The van der Waals surface area contributed by atoms with E-state index in [1.807, 2.05) is 6.08 Å². The van der Waals surface area contributed by atoms with Crippen LogP contribution in [0.15, 0.2) is 59.4 Å². The molecule has 0 aliphatic carbocycles. The van der Waals surface area contributed by atoms with Crippen LogP contribution in [-0.4, -0.2) is 35.5 Å². The van der Waals surface area contributed by atoms with Crippen LogP contribution in [-0.2, 0) is 17.9 Å². The van der Waals surface area contributed by atoms with Crippen molar-refractivity contribution in [2.24, 2.45) is 4.99 Å². The van der Waals surface area contributed by atoms with Gasteiger partial charge in [-0.15, -0.1) is 0 Å². The largest absolute Gasteiger partial charge is 0.473 e. The Morgan fingerprint density at radius 3 is 2.75 bits per heavy atom. The number of halogens is 2. The molecule has 0 bridgehead atoms. The lowest BCUT2D eigenvalue weighted by molar-refractivity contribution is 0.149. The van der Waals surface area contributed by atoms with E-state index in [-0.39, 0.29) is 6.61 Å². The number of rotatable bonds is 4. The van der Waals surface area contributed by atoms with Gasteiger partial charge in [0, 0.05) is 25.7 Å². The smallest absolute Gasteiger partial charge is 0.214 e. The molecular formula is C22H23F2N3O. The summed E-state index contributed by atoms with van der Waals surface area (Å²) in [6.45, 7) is 5.61. The van der Waals surface area contributed by atoms with Gasteiger partial charge in [0.2, 0.25) is 5.90 Å². The van der Waals surface area contributed by atoms with Gasteiger partial charge >= 0.3 is 0 Å². The van der Waals surface area contributed by atoms with Crippen molar-refractivity contribution >= 4 is 5.90 Å². The Balaban J connectivity index is 1.47. The van der Waals surface area contributed by atoms with Gasteiger partial charge in [0.25, 0.3) is 0 Å². The molecule has 2 aliphatic rings. The molecule has 0 amide bonds. The van der Waals surface area contributed by atoms with Gasteiger partial charge in [-0.1, -0.05) is 30.3 Å². The molecule has 28 heavy (non-hydrogen) atoms. The summed E-state index contributed by atoms with van der Waals surface area (Å²) in [5.41, 5.74) is 3.15. The molecule has 2 aromatic rings. The summed E-state index contributed by atoms with van der Waals surface area (Å²) < 4.78 is 32.2. The Morgan fingerprint density at radius 1 is 1.07 bits per heavy atom. The monoisotopic (exact) mass is 383 g/mol. The molecule has 4 nitrogen and oxygen atoms in total. The Kier molecular flexibility index (Phi) is 5.28. The molecule has 0 radical (unpaired) electrons. The van der Waals surface area contributed by atoms with E-state index in [0.717, 1.165) is 44.0 Å². The Hall–Kier alpha value is -2.89. The second-order valence-electron chi connectivity index (χ2n) is 7.14. The van der Waals surface area contributed by atoms with Crippen LogP contribution >= 0.6 is 0 Å². The summed E-state index contributed by atoms with van der Waals surface area (Å²) >= 11 is 0. The molecule has 1 fully saturated rings. The van der Waals surface area contributed by atoms with Gasteiger partial charge in [-0.2, -0.15) is 0 Å². The maximum Gasteiger partial charge on any atom is 0.214 e. The maximum absolute atomic E-state index is 13.4. The third-order valence-corrected chi connectivity index (χ3v) is 5.15. The summed E-state index contributed by atoms with van der Waals surface area (Å²) in [6.07, 6.45) is 3.03. The zero-order valence-corrected chi connectivity index (χ0v) is 15.9. The van der Waals surface area contributed by atoms with Gasteiger partial charge < -0.3 is 14.5 Å². The number of ether oxygens (including phenoxy) is 1. The lowest BCUT2D eigenvalue weighted by Crippen LogP contribution is -2.44.